The van der Waals surface area contributed by atoms with Crippen molar-refractivity contribution >= 4 is 23.7 Å². The van der Waals surface area contributed by atoms with Crippen molar-refractivity contribution in [2.45, 2.75) is 43.7 Å². The molecule has 0 spiro atoms. The highest BCUT2D eigenvalue weighted by atomic mass is 32.2. The molecular weight excluding hydrogens is 326 g/mol. The molecule has 2 aliphatic carbocycles. The Bertz CT molecular complexity index is 625. The lowest BCUT2D eigenvalue weighted by Gasteiger charge is -2.28. The third-order valence-electron chi connectivity index (χ3n) is 5.19. The SMILES string of the molecule is C[C@@H](NC(=O)NC(=O)CSc1cccc[n+]1[O-])[C@H]1C[C@@H]2CC[C@@H]1C2. The van der Waals surface area contributed by atoms with Gasteiger partial charge in [0.05, 0.1) is 5.75 Å². The summed E-state index contributed by atoms with van der Waals surface area (Å²) in [5, 5.41) is 17.2. The van der Waals surface area contributed by atoms with E-state index >= 15 is 0 Å². The molecule has 2 fully saturated rings. The fourth-order valence-corrected chi connectivity index (χ4v) is 4.80. The molecule has 0 unspecified atom stereocenters. The molecule has 4 atom stereocenters. The van der Waals surface area contributed by atoms with Gasteiger partial charge in [0.15, 0.2) is 6.20 Å². The Hall–Kier alpha value is -1.76. The summed E-state index contributed by atoms with van der Waals surface area (Å²) >= 11 is 1.11. The maximum Gasteiger partial charge on any atom is 0.321 e. The lowest BCUT2D eigenvalue weighted by molar-refractivity contribution is -0.645. The number of nitrogens with one attached hydrogen (secondary N) is 2. The summed E-state index contributed by atoms with van der Waals surface area (Å²) in [5.74, 6) is 1.71. The first-order valence-electron chi connectivity index (χ1n) is 8.44. The number of carbonyl (C=O) groups excluding carboxylic acids is 2. The van der Waals surface area contributed by atoms with Crippen LogP contribution in [0.4, 0.5) is 4.79 Å². The van der Waals surface area contributed by atoms with Crippen molar-refractivity contribution in [3.63, 3.8) is 0 Å². The van der Waals surface area contributed by atoms with Gasteiger partial charge in [0.1, 0.15) is 0 Å². The largest absolute Gasteiger partial charge is 0.618 e. The van der Waals surface area contributed by atoms with E-state index in [1.165, 1.54) is 31.9 Å². The standard InChI is InChI=1S/C17H23N3O3S/c1-11(14-9-12-5-6-13(14)8-12)18-17(22)19-15(21)10-24-16-4-2-3-7-20(16)23/h2-4,7,11-14H,5-6,8-10H2,1H3,(H2,18,19,21,22)/t11-,12-,13-,14-/m1/s1. The Labute approximate surface area is 146 Å². The molecular formula is C17H23N3O3S. The number of hydrogen-bond acceptors (Lipinski definition) is 4. The van der Waals surface area contributed by atoms with Crippen LogP contribution in [-0.4, -0.2) is 23.7 Å². The fourth-order valence-electron chi connectivity index (χ4n) is 4.08. The summed E-state index contributed by atoms with van der Waals surface area (Å²) in [4.78, 5) is 23.9. The van der Waals surface area contributed by atoms with E-state index in [2.05, 4.69) is 10.6 Å². The Morgan fingerprint density at radius 1 is 1.38 bits per heavy atom. The number of carbonyl (C=O) groups is 2. The summed E-state index contributed by atoms with van der Waals surface area (Å²) in [6.45, 7) is 2.02. The Balaban J connectivity index is 1.41. The number of urea groups is 1. The van der Waals surface area contributed by atoms with E-state index in [-0.39, 0.29) is 11.8 Å². The summed E-state index contributed by atoms with van der Waals surface area (Å²) in [7, 11) is 0. The molecule has 0 radical (unpaired) electrons. The molecule has 3 rings (SSSR count). The smallest absolute Gasteiger partial charge is 0.321 e. The van der Waals surface area contributed by atoms with Crippen LogP contribution in [0.5, 0.6) is 0 Å². The van der Waals surface area contributed by atoms with Gasteiger partial charge < -0.3 is 10.5 Å². The summed E-state index contributed by atoms with van der Waals surface area (Å²) in [6.07, 6.45) is 6.46. The van der Waals surface area contributed by atoms with Crippen LogP contribution in [0.2, 0.25) is 0 Å². The van der Waals surface area contributed by atoms with E-state index in [1.807, 2.05) is 6.92 Å². The van der Waals surface area contributed by atoms with Crippen LogP contribution >= 0.6 is 11.8 Å². The Morgan fingerprint density at radius 3 is 2.88 bits per heavy atom. The first kappa shape index (κ1) is 17.1. The van der Waals surface area contributed by atoms with Gasteiger partial charge in [-0.25, -0.2) is 4.79 Å². The first-order chi connectivity index (χ1) is 11.5. The number of nitrogens with zero attached hydrogens (tertiary/aromatic N) is 1. The molecule has 7 heteroatoms. The molecule has 2 N–H and O–H groups in total. The monoisotopic (exact) mass is 349 g/mol. The average Bonchev–Trinajstić information content (AvgIpc) is 3.17. The van der Waals surface area contributed by atoms with Crippen LogP contribution < -0.4 is 15.4 Å². The minimum absolute atomic E-state index is 0.0299. The van der Waals surface area contributed by atoms with Crippen molar-refractivity contribution in [2.24, 2.45) is 17.8 Å². The molecule has 2 saturated carbocycles. The van der Waals surface area contributed by atoms with E-state index in [4.69, 9.17) is 0 Å². The van der Waals surface area contributed by atoms with Gasteiger partial charge in [0, 0.05) is 18.2 Å². The van der Waals surface area contributed by atoms with Crippen LogP contribution in [0.15, 0.2) is 29.4 Å². The lowest BCUT2D eigenvalue weighted by atomic mass is 9.84. The number of rotatable bonds is 5. The van der Waals surface area contributed by atoms with E-state index in [0.29, 0.717) is 15.7 Å². The number of aromatic nitrogens is 1. The molecule has 0 saturated heterocycles. The molecule has 6 nitrogen and oxygen atoms in total. The number of thioether (sulfide) groups is 1. The normalized spacial score (nSPS) is 26.1. The van der Waals surface area contributed by atoms with Crippen molar-refractivity contribution in [3.05, 3.63) is 29.6 Å². The lowest BCUT2D eigenvalue weighted by Crippen LogP contribution is -2.47. The summed E-state index contributed by atoms with van der Waals surface area (Å²) in [5.41, 5.74) is 0. The van der Waals surface area contributed by atoms with Crippen molar-refractivity contribution in [1.29, 1.82) is 0 Å². The zero-order valence-electron chi connectivity index (χ0n) is 13.7. The maximum absolute atomic E-state index is 12.0. The number of hydrogen-bond donors (Lipinski definition) is 2. The predicted molar refractivity (Wildman–Crippen MR) is 91.2 cm³/mol. The second-order valence-corrected chi connectivity index (χ2v) is 7.80. The number of pyridine rings is 1. The minimum atomic E-state index is -0.445. The van der Waals surface area contributed by atoms with Crippen molar-refractivity contribution in [2.75, 3.05) is 5.75 Å². The number of imide groups is 1. The minimum Gasteiger partial charge on any atom is -0.618 e. The molecule has 1 heterocycles. The highest BCUT2D eigenvalue weighted by Gasteiger charge is 2.42. The molecule has 24 heavy (non-hydrogen) atoms. The van der Waals surface area contributed by atoms with Crippen LogP contribution in [0.3, 0.4) is 0 Å². The predicted octanol–water partition coefficient (Wildman–Crippen LogP) is 2.06. The van der Waals surface area contributed by atoms with E-state index in [1.54, 1.807) is 18.2 Å². The van der Waals surface area contributed by atoms with E-state index in [0.717, 1.165) is 23.6 Å². The van der Waals surface area contributed by atoms with Gasteiger partial charge in [-0.05, 0) is 61.8 Å². The van der Waals surface area contributed by atoms with Gasteiger partial charge in [-0.2, -0.15) is 4.73 Å². The van der Waals surface area contributed by atoms with Gasteiger partial charge in [-0.1, -0.05) is 6.42 Å². The van der Waals surface area contributed by atoms with E-state index in [9.17, 15) is 14.8 Å². The molecule has 2 aliphatic rings. The number of amides is 3. The van der Waals surface area contributed by atoms with Crippen LogP contribution in [0.1, 0.15) is 32.6 Å². The van der Waals surface area contributed by atoms with Gasteiger partial charge >= 0.3 is 6.03 Å². The van der Waals surface area contributed by atoms with Gasteiger partial charge in [0.2, 0.25) is 5.91 Å². The van der Waals surface area contributed by atoms with E-state index < -0.39 is 11.9 Å². The molecule has 0 aromatic carbocycles. The first-order valence-corrected chi connectivity index (χ1v) is 9.43. The van der Waals surface area contributed by atoms with Gasteiger partial charge in [0.25, 0.3) is 5.03 Å². The zero-order chi connectivity index (χ0) is 17.1. The fraction of sp³-hybridized carbons (Fsp3) is 0.588. The summed E-state index contributed by atoms with van der Waals surface area (Å²) < 4.78 is 0.704. The third-order valence-corrected chi connectivity index (χ3v) is 6.20. The molecule has 0 aliphatic heterocycles. The highest BCUT2D eigenvalue weighted by Crippen LogP contribution is 2.49. The van der Waals surface area contributed by atoms with Crippen molar-refractivity contribution in [1.82, 2.24) is 10.6 Å². The van der Waals surface area contributed by atoms with Gasteiger partial charge in [-0.3, -0.25) is 10.1 Å². The third kappa shape index (κ3) is 4.01. The van der Waals surface area contributed by atoms with Crippen LogP contribution in [-0.2, 0) is 4.79 Å². The van der Waals surface area contributed by atoms with Crippen molar-refractivity contribution in [3.8, 4) is 0 Å². The maximum atomic E-state index is 12.0. The average molecular weight is 349 g/mol. The quantitative estimate of drug-likeness (QED) is 0.484. The molecule has 3 amide bonds. The Morgan fingerprint density at radius 2 is 2.21 bits per heavy atom. The highest BCUT2D eigenvalue weighted by molar-refractivity contribution is 7.99. The molecule has 130 valence electrons. The number of fused-ring (bicyclic) bond motifs is 2. The zero-order valence-corrected chi connectivity index (χ0v) is 14.6. The topological polar surface area (TPSA) is 85.1 Å². The van der Waals surface area contributed by atoms with Crippen LogP contribution in [0.25, 0.3) is 0 Å². The molecule has 1 aromatic heterocycles. The Kier molecular flexibility index (Phi) is 5.28. The second kappa shape index (κ2) is 7.42. The molecule has 1 aromatic rings. The molecule has 2 bridgehead atoms. The second-order valence-electron chi connectivity index (χ2n) is 6.80. The van der Waals surface area contributed by atoms with Gasteiger partial charge in [-0.15, -0.1) is 0 Å². The summed E-state index contributed by atoms with van der Waals surface area (Å²) in [6, 6.07) is 4.64. The van der Waals surface area contributed by atoms with Crippen molar-refractivity contribution < 1.29 is 14.3 Å². The van der Waals surface area contributed by atoms with Crippen LogP contribution in [0, 0.1) is 23.0 Å².